The molecule has 0 heterocycles. The van der Waals surface area contributed by atoms with Crippen LogP contribution in [0.15, 0.2) is 11.3 Å². The number of carbonyl (C=O) groups excluding carboxylic acids is 3. The van der Waals surface area contributed by atoms with Crippen molar-refractivity contribution in [2.45, 2.75) is 32.6 Å². The first-order chi connectivity index (χ1) is 8.58. The number of amides is 1. The van der Waals surface area contributed by atoms with Crippen molar-refractivity contribution in [2.75, 3.05) is 13.7 Å². The van der Waals surface area contributed by atoms with Gasteiger partial charge in [0.25, 0.3) is 0 Å². The fourth-order valence-electron chi connectivity index (χ4n) is 1.74. The number of hydrogen-bond donors (Lipinski definition) is 1. The van der Waals surface area contributed by atoms with Crippen LogP contribution in [0.1, 0.15) is 32.6 Å². The van der Waals surface area contributed by atoms with Gasteiger partial charge >= 0.3 is 11.9 Å². The maximum absolute atomic E-state index is 11.6. The first-order valence-electron chi connectivity index (χ1n) is 5.84. The van der Waals surface area contributed by atoms with Crippen LogP contribution in [-0.2, 0) is 23.9 Å². The fourth-order valence-corrected chi connectivity index (χ4v) is 1.74. The zero-order chi connectivity index (χ0) is 13.5. The molecule has 6 nitrogen and oxygen atoms in total. The van der Waals surface area contributed by atoms with Crippen LogP contribution in [0.2, 0.25) is 0 Å². The van der Waals surface area contributed by atoms with Gasteiger partial charge in [0, 0.05) is 5.70 Å². The van der Waals surface area contributed by atoms with Gasteiger partial charge in [-0.2, -0.15) is 0 Å². The Kier molecular flexibility index (Phi) is 5.35. The molecule has 0 spiro atoms. The van der Waals surface area contributed by atoms with Crippen LogP contribution in [0.4, 0.5) is 0 Å². The number of carbonyl (C=O) groups is 3. The molecule has 0 aliphatic heterocycles. The second kappa shape index (κ2) is 6.78. The molecule has 18 heavy (non-hydrogen) atoms. The fraction of sp³-hybridized carbons (Fsp3) is 0.583. The minimum Gasteiger partial charge on any atom is -0.469 e. The Morgan fingerprint density at radius 1 is 1.28 bits per heavy atom. The quantitative estimate of drug-likeness (QED) is 0.576. The maximum Gasteiger partial charge on any atom is 0.335 e. The first-order valence-corrected chi connectivity index (χ1v) is 5.84. The Hall–Kier alpha value is -1.85. The third-order valence-electron chi connectivity index (χ3n) is 2.56. The van der Waals surface area contributed by atoms with Gasteiger partial charge in [-0.25, -0.2) is 4.79 Å². The first kappa shape index (κ1) is 14.2. The van der Waals surface area contributed by atoms with E-state index in [9.17, 15) is 14.4 Å². The van der Waals surface area contributed by atoms with Gasteiger partial charge in [-0.15, -0.1) is 0 Å². The van der Waals surface area contributed by atoms with E-state index in [-0.39, 0.29) is 6.42 Å². The Balaban J connectivity index is 2.63. The van der Waals surface area contributed by atoms with E-state index in [0.29, 0.717) is 30.7 Å². The second-order valence-electron chi connectivity index (χ2n) is 3.83. The number of allylic oxidation sites excluding steroid dienone is 1. The molecule has 100 valence electrons. The largest absolute Gasteiger partial charge is 0.469 e. The molecule has 0 fully saturated rings. The third-order valence-corrected chi connectivity index (χ3v) is 2.56. The lowest BCUT2D eigenvalue weighted by atomic mass is 10.2. The Labute approximate surface area is 105 Å². The van der Waals surface area contributed by atoms with Crippen LogP contribution >= 0.6 is 0 Å². The minimum absolute atomic E-state index is 0.297. The van der Waals surface area contributed by atoms with E-state index in [1.807, 2.05) is 0 Å². The molecule has 0 atom stereocenters. The predicted octanol–water partition coefficient (Wildman–Crippen LogP) is 0.667. The molecule has 0 saturated carbocycles. The van der Waals surface area contributed by atoms with E-state index in [1.165, 1.54) is 7.11 Å². The molecule has 0 radical (unpaired) electrons. The molecular weight excluding hydrogens is 238 g/mol. The molecule has 1 rings (SSSR count). The number of methoxy groups -OCH3 is 1. The van der Waals surface area contributed by atoms with Crippen molar-refractivity contribution < 1.29 is 23.9 Å². The highest BCUT2D eigenvalue weighted by Crippen LogP contribution is 2.25. The van der Waals surface area contributed by atoms with Gasteiger partial charge in [0.1, 0.15) is 6.42 Å². The summed E-state index contributed by atoms with van der Waals surface area (Å²) in [5.74, 6) is -1.48. The zero-order valence-electron chi connectivity index (χ0n) is 10.6. The van der Waals surface area contributed by atoms with Crippen LogP contribution in [0.3, 0.4) is 0 Å². The summed E-state index contributed by atoms with van der Waals surface area (Å²) in [6, 6.07) is 0. The maximum atomic E-state index is 11.6. The summed E-state index contributed by atoms with van der Waals surface area (Å²) < 4.78 is 9.29. The van der Waals surface area contributed by atoms with E-state index < -0.39 is 17.8 Å². The number of ether oxygens (including phenoxy) is 2. The van der Waals surface area contributed by atoms with Crippen molar-refractivity contribution in [3.63, 3.8) is 0 Å². The SMILES string of the molecule is CCOC(=O)C1=C(NC(=O)CC(=O)OC)CCC1. The molecule has 0 aromatic heterocycles. The molecule has 1 aliphatic carbocycles. The van der Waals surface area contributed by atoms with Crippen molar-refractivity contribution in [3.8, 4) is 0 Å². The van der Waals surface area contributed by atoms with Crippen LogP contribution < -0.4 is 5.32 Å². The van der Waals surface area contributed by atoms with Crippen molar-refractivity contribution >= 4 is 17.8 Å². The number of hydrogen-bond acceptors (Lipinski definition) is 5. The van der Waals surface area contributed by atoms with E-state index in [2.05, 4.69) is 10.1 Å². The highest BCUT2D eigenvalue weighted by molar-refractivity contribution is 5.96. The summed E-state index contributed by atoms with van der Waals surface area (Å²) in [6.45, 7) is 2.02. The number of nitrogens with one attached hydrogen (secondary N) is 1. The van der Waals surface area contributed by atoms with E-state index in [4.69, 9.17) is 4.74 Å². The summed E-state index contributed by atoms with van der Waals surface area (Å²) in [6.07, 6.45) is 1.64. The smallest absolute Gasteiger partial charge is 0.335 e. The molecule has 0 aromatic carbocycles. The van der Waals surface area contributed by atoms with Crippen molar-refractivity contribution in [2.24, 2.45) is 0 Å². The molecule has 6 heteroatoms. The lowest BCUT2D eigenvalue weighted by molar-refractivity contribution is -0.143. The average molecular weight is 255 g/mol. The van der Waals surface area contributed by atoms with Gasteiger partial charge in [-0.3, -0.25) is 9.59 Å². The molecule has 1 N–H and O–H groups in total. The Morgan fingerprint density at radius 2 is 2.00 bits per heavy atom. The van der Waals surface area contributed by atoms with Gasteiger partial charge in [0.15, 0.2) is 0 Å². The molecule has 0 bridgehead atoms. The molecule has 1 amide bonds. The lowest BCUT2D eigenvalue weighted by Gasteiger charge is -2.08. The van der Waals surface area contributed by atoms with Gasteiger partial charge in [0.2, 0.25) is 5.91 Å². The summed E-state index contributed by atoms with van der Waals surface area (Å²) in [7, 11) is 1.22. The van der Waals surface area contributed by atoms with Crippen LogP contribution in [0, 0.1) is 0 Å². The summed E-state index contributed by atoms with van der Waals surface area (Å²) >= 11 is 0. The topological polar surface area (TPSA) is 81.7 Å². The monoisotopic (exact) mass is 255 g/mol. The standard InChI is InChI=1S/C12H17NO5/c1-3-18-12(16)8-5-4-6-9(8)13-10(14)7-11(15)17-2/h3-7H2,1-2H3,(H,13,14). The summed E-state index contributed by atoms with van der Waals surface area (Å²) in [5.41, 5.74) is 1.05. The molecule has 0 aromatic rings. The highest BCUT2D eigenvalue weighted by atomic mass is 16.5. The third kappa shape index (κ3) is 3.87. The van der Waals surface area contributed by atoms with Gasteiger partial charge < -0.3 is 14.8 Å². The highest BCUT2D eigenvalue weighted by Gasteiger charge is 2.23. The average Bonchev–Trinajstić information content (AvgIpc) is 2.77. The molecule has 0 unspecified atom stereocenters. The van der Waals surface area contributed by atoms with E-state index in [1.54, 1.807) is 6.92 Å². The molecular formula is C12H17NO5. The number of rotatable bonds is 5. The van der Waals surface area contributed by atoms with Crippen molar-refractivity contribution in [3.05, 3.63) is 11.3 Å². The zero-order valence-corrected chi connectivity index (χ0v) is 10.6. The number of esters is 2. The molecule has 0 saturated heterocycles. The summed E-state index contributed by atoms with van der Waals surface area (Å²) in [5, 5.41) is 2.57. The lowest BCUT2D eigenvalue weighted by Crippen LogP contribution is -2.26. The molecule has 1 aliphatic rings. The van der Waals surface area contributed by atoms with Crippen molar-refractivity contribution in [1.29, 1.82) is 0 Å². The predicted molar refractivity (Wildman–Crippen MR) is 62.3 cm³/mol. The minimum atomic E-state index is -0.608. The van der Waals surface area contributed by atoms with Crippen LogP contribution in [-0.4, -0.2) is 31.6 Å². The Morgan fingerprint density at radius 3 is 2.61 bits per heavy atom. The summed E-state index contributed by atoms with van der Waals surface area (Å²) in [4.78, 5) is 34.0. The normalized spacial score (nSPS) is 14.3. The van der Waals surface area contributed by atoms with E-state index >= 15 is 0 Å². The van der Waals surface area contributed by atoms with Crippen LogP contribution in [0.5, 0.6) is 0 Å². The van der Waals surface area contributed by atoms with Gasteiger partial charge in [-0.05, 0) is 26.2 Å². The van der Waals surface area contributed by atoms with Crippen LogP contribution in [0.25, 0.3) is 0 Å². The van der Waals surface area contributed by atoms with Crippen molar-refractivity contribution in [1.82, 2.24) is 5.32 Å². The van der Waals surface area contributed by atoms with Gasteiger partial charge in [-0.1, -0.05) is 0 Å². The second-order valence-corrected chi connectivity index (χ2v) is 3.83. The Bertz CT molecular complexity index is 386. The van der Waals surface area contributed by atoms with Gasteiger partial charge in [0.05, 0.1) is 19.3 Å². The van der Waals surface area contributed by atoms with E-state index in [0.717, 1.165) is 6.42 Å².